The second-order valence-electron chi connectivity index (χ2n) is 6.78. The van der Waals surface area contributed by atoms with Crippen LogP contribution in [0.5, 0.6) is 0 Å². The van der Waals surface area contributed by atoms with Crippen molar-refractivity contribution >= 4 is 11.6 Å². The number of nitrogens with zero attached hydrogens (tertiary/aromatic N) is 3. The van der Waals surface area contributed by atoms with Gasteiger partial charge in [-0.05, 0) is 29.8 Å². The van der Waals surface area contributed by atoms with Crippen LogP contribution < -0.4 is 5.32 Å². The van der Waals surface area contributed by atoms with E-state index in [9.17, 15) is 26.7 Å². The molecule has 0 unspecified atom stereocenters. The number of anilines is 1. The highest BCUT2D eigenvalue weighted by molar-refractivity contribution is 5.92. The van der Waals surface area contributed by atoms with Crippen LogP contribution in [-0.2, 0) is 17.5 Å². The second kappa shape index (κ2) is 8.83. The number of benzene rings is 1. The number of amides is 1. The SMILES string of the molecule is O=C(CN1CCN(Cc2ccnc(C(F)(F)F)c2)CC1)Nc1ccc(F)c(F)c1. The van der Waals surface area contributed by atoms with E-state index in [1.807, 2.05) is 9.80 Å². The second-order valence-corrected chi connectivity index (χ2v) is 6.78. The van der Waals surface area contributed by atoms with Gasteiger partial charge in [-0.2, -0.15) is 13.2 Å². The lowest BCUT2D eigenvalue weighted by Crippen LogP contribution is -2.48. The van der Waals surface area contributed by atoms with Crippen molar-refractivity contribution in [2.75, 3.05) is 38.0 Å². The fourth-order valence-corrected chi connectivity index (χ4v) is 3.07. The number of pyridine rings is 1. The Morgan fingerprint density at radius 1 is 1.00 bits per heavy atom. The van der Waals surface area contributed by atoms with Crippen molar-refractivity contribution in [1.29, 1.82) is 0 Å². The minimum Gasteiger partial charge on any atom is -0.325 e. The minimum absolute atomic E-state index is 0.0836. The average molecular weight is 414 g/mol. The molecular formula is C19H19F5N4O. The molecule has 1 amide bonds. The van der Waals surface area contributed by atoms with Gasteiger partial charge in [0.1, 0.15) is 5.69 Å². The molecule has 1 fully saturated rings. The summed E-state index contributed by atoms with van der Waals surface area (Å²) in [7, 11) is 0. The zero-order valence-electron chi connectivity index (χ0n) is 15.3. The molecule has 0 atom stereocenters. The fraction of sp³-hybridized carbons (Fsp3) is 0.368. The number of carbonyl (C=O) groups is 1. The Bertz CT molecular complexity index is 866. The number of aromatic nitrogens is 1. The highest BCUT2D eigenvalue weighted by Crippen LogP contribution is 2.28. The van der Waals surface area contributed by atoms with Gasteiger partial charge in [0.05, 0.1) is 6.54 Å². The summed E-state index contributed by atoms with van der Waals surface area (Å²) in [5, 5.41) is 2.51. The summed E-state index contributed by atoms with van der Waals surface area (Å²) in [6.45, 7) is 2.73. The number of rotatable bonds is 5. The topological polar surface area (TPSA) is 48.5 Å². The number of halogens is 5. The maximum Gasteiger partial charge on any atom is 0.433 e. The van der Waals surface area contributed by atoms with E-state index in [1.54, 1.807) is 6.07 Å². The van der Waals surface area contributed by atoms with E-state index in [0.717, 1.165) is 24.4 Å². The Labute approximate surface area is 164 Å². The van der Waals surface area contributed by atoms with Crippen LogP contribution in [0.4, 0.5) is 27.6 Å². The lowest BCUT2D eigenvalue weighted by atomic mass is 10.2. The van der Waals surface area contributed by atoms with E-state index in [2.05, 4.69) is 10.3 Å². The number of carbonyl (C=O) groups excluding carboxylic acids is 1. The summed E-state index contributed by atoms with van der Waals surface area (Å²) < 4.78 is 64.4. The van der Waals surface area contributed by atoms with Crippen molar-refractivity contribution in [3.05, 3.63) is 59.4 Å². The van der Waals surface area contributed by atoms with Crippen LogP contribution in [0, 0.1) is 11.6 Å². The van der Waals surface area contributed by atoms with Crippen molar-refractivity contribution in [3.63, 3.8) is 0 Å². The molecule has 2 aromatic rings. The van der Waals surface area contributed by atoms with Gasteiger partial charge in [-0.3, -0.25) is 19.6 Å². The molecule has 2 heterocycles. The summed E-state index contributed by atoms with van der Waals surface area (Å²) >= 11 is 0. The fourth-order valence-electron chi connectivity index (χ4n) is 3.07. The largest absolute Gasteiger partial charge is 0.433 e. The number of nitrogens with one attached hydrogen (secondary N) is 1. The van der Waals surface area contributed by atoms with Crippen LogP contribution in [-0.4, -0.2) is 53.4 Å². The van der Waals surface area contributed by atoms with Gasteiger partial charge in [0.2, 0.25) is 5.91 Å². The number of piperazine rings is 1. The quantitative estimate of drug-likeness (QED) is 0.764. The van der Waals surface area contributed by atoms with E-state index >= 15 is 0 Å². The van der Waals surface area contributed by atoms with Crippen LogP contribution in [0.2, 0.25) is 0 Å². The van der Waals surface area contributed by atoms with Crippen LogP contribution in [0.25, 0.3) is 0 Å². The molecule has 1 N–H and O–H groups in total. The molecule has 156 valence electrons. The lowest BCUT2D eigenvalue weighted by Gasteiger charge is -2.34. The van der Waals surface area contributed by atoms with E-state index in [4.69, 9.17) is 0 Å². The molecule has 0 saturated carbocycles. The van der Waals surface area contributed by atoms with Crippen molar-refractivity contribution in [2.45, 2.75) is 12.7 Å². The Morgan fingerprint density at radius 2 is 1.69 bits per heavy atom. The first-order chi connectivity index (χ1) is 13.7. The van der Waals surface area contributed by atoms with Crippen LogP contribution in [0.3, 0.4) is 0 Å². The van der Waals surface area contributed by atoms with Gasteiger partial charge in [-0.25, -0.2) is 8.78 Å². The predicted octanol–water partition coefficient (Wildman–Crippen LogP) is 3.13. The van der Waals surface area contributed by atoms with Crippen molar-refractivity contribution in [2.24, 2.45) is 0 Å². The summed E-state index contributed by atoms with van der Waals surface area (Å²) in [6, 6.07) is 5.72. The molecule has 1 aromatic carbocycles. The molecule has 29 heavy (non-hydrogen) atoms. The summed E-state index contributed by atoms with van der Waals surface area (Å²) in [5.41, 5.74) is -0.218. The van der Waals surface area contributed by atoms with Crippen LogP contribution in [0.15, 0.2) is 36.5 Å². The molecule has 1 aromatic heterocycles. The average Bonchev–Trinajstić information content (AvgIpc) is 2.66. The highest BCUT2D eigenvalue weighted by atomic mass is 19.4. The number of alkyl halides is 3. The number of hydrogen-bond acceptors (Lipinski definition) is 4. The first-order valence-corrected chi connectivity index (χ1v) is 8.92. The molecule has 0 aliphatic carbocycles. The molecule has 5 nitrogen and oxygen atoms in total. The third-order valence-electron chi connectivity index (χ3n) is 4.56. The molecule has 0 radical (unpaired) electrons. The summed E-state index contributed by atoms with van der Waals surface area (Å²) in [6.07, 6.45) is -3.33. The molecule has 10 heteroatoms. The molecule has 0 bridgehead atoms. The standard InChI is InChI=1S/C19H19F5N4O/c20-15-2-1-14(10-16(15)21)26-18(29)12-28-7-5-27(6-8-28)11-13-3-4-25-17(9-13)19(22,23)24/h1-4,9-10H,5-8,11-12H2,(H,26,29). The third-order valence-corrected chi connectivity index (χ3v) is 4.56. The van der Waals surface area contributed by atoms with Gasteiger partial charge in [0.25, 0.3) is 0 Å². The molecule has 0 spiro atoms. The Balaban J connectivity index is 1.46. The third kappa shape index (κ3) is 5.94. The first kappa shape index (κ1) is 21.1. The summed E-state index contributed by atoms with van der Waals surface area (Å²) in [5.74, 6) is -2.38. The Morgan fingerprint density at radius 3 is 2.34 bits per heavy atom. The van der Waals surface area contributed by atoms with Gasteiger partial charge in [-0.1, -0.05) is 0 Å². The Hall–Kier alpha value is -2.59. The van der Waals surface area contributed by atoms with Crippen molar-refractivity contribution < 1.29 is 26.7 Å². The summed E-state index contributed by atoms with van der Waals surface area (Å²) in [4.78, 5) is 19.3. The zero-order valence-corrected chi connectivity index (χ0v) is 15.3. The van der Waals surface area contributed by atoms with Crippen LogP contribution in [0.1, 0.15) is 11.3 Å². The first-order valence-electron chi connectivity index (χ1n) is 8.92. The normalized spacial score (nSPS) is 16.0. The van der Waals surface area contributed by atoms with Gasteiger partial charge in [0.15, 0.2) is 11.6 Å². The predicted molar refractivity (Wildman–Crippen MR) is 95.9 cm³/mol. The maximum absolute atomic E-state index is 13.2. The molecule has 1 aliphatic rings. The van der Waals surface area contributed by atoms with Gasteiger partial charge >= 0.3 is 6.18 Å². The van der Waals surface area contributed by atoms with Crippen LogP contribution >= 0.6 is 0 Å². The van der Waals surface area contributed by atoms with Gasteiger partial charge in [0, 0.05) is 50.7 Å². The van der Waals surface area contributed by atoms with Gasteiger partial charge in [-0.15, -0.1) is 0 Å². The smallest absolute Gasteiger partial charge is 0.325 e. The van der Waals surface area contributed by atoms with Crippen molar-refractivity contribution in [3.8, 4) is 0 Å². The lowest BCUT2D eigenvalue weighted by molar-refractivity contribution is -0.141. The number of hydrogen-bond donors (Lipinski definition) is 1. The van der Waals surface area contributed by atoms with E-state index < -0.39 is 23.5 Å². The highest BCUT2D eigenvalue weighted by Gasteiger charge is 2.32. The molecule has 1 saturated heterocycles. The molecule has 1 aliphatic heterocycles. The van der Waals surface area contributed by atoms with E-state index in [1.165, 1.54) is 6.07 Å². The monoisotopic (exact) mass is 414 g/mol. The minimum atomic E-state index is -4.48. The van der Waals surface area contributed by atoms with Crippen molar-refractivity contribution in [1.82, 2.24) is 14.8 Å². The zero-order chi connectivity index (χ0) is 21.0. The van der Waals surface area contributed by atoms with Gasteiger partial charge < -0.3 is 5.32 Å². The van der Waals surface area contributed by atoms with E-state index in [0.29, 0.717) is 38.3 Å². The molecular weight excluding hydrogens is 395 g/mol. The Kier molecular flexibility index (Phi) is 6.43. The molecule has 3 rings (SSSR count). The maximum atomic E-state index is 13.2. The van der Waals surface area contributed by atoms with E-state index in [-0.39, 0.29) is 18.1 Å².